The highest BCUT2D eigenvalue weighted by molar-refractivity contribution is 6.74. The van der Waals surface area contributed by atoms with Crippen LogP contribution in [0.4, 0.5) is 0 Å². The molecule has 2 unspecified atom stereocenters. The van der Waals surface area contributed by atoms with Crippen LogP contribution < -0.4 is 0 Å². The molecule has 3 aliphatic rings. The van der Waals surface area contributed by atoms with E-state index in [4.69, 9.17) is 27.6 Å². The normalized spacial score (nSPS) is 41.0. The second-order valence-corrected chi connectivity index (χ2v) is 19.2. The number of allylic oxidation sites excluding steroid dienone is 1. The highest BCUT2D eigenvalue weighted by atomic mass is 35.5. The molecule has 0 aromatic heterocycles. The topological polar surface area (TPSA) is 29.5 Å². The summed E-state index contributed by atoms with van der Waals surface area (Å²) in [5.74, 6) is 2.67. The van der Waals surface area contributed by atoms with Crippen LogP contribution in [-0.2, 0) is 4.43 Å². The van der Waals surface area contributed by atoms with Crippen molar-refractivity contribution < 1.29 is 9.53 Å². The third-order valence-corrected chi connectivity index (χ3v) is 15.7. The number of fused-ring (bicyclic) bond motifs is 1. The van der Waals surface area contributed by atoms with E-state index in [9.17, 15) is 5.11 Å². The Morgan fingerprint density at radius 1 is 1.09 bits per heavy atom. The summed E-state index contributed by atoms with van der Waals surface area (Å²) < 4.78 is 7.30. The SMILES string of the molecule is C[C@H]1CC[C@](C)(C2CC[C@]3(C)C(=C(Cl)Cl)CCC3[C@@H]2CO)[C@@H](CO[Si](C)(C)C(C)(C)C)C1. The van der Waals surface area contributed by atoms with Crippen LogP contribution in [0.1, 0.15) is 86.5 Å². The Morgan fingerprint density at radius 3 is 2.31 bits per heavy atom. The lowest BCUT2D eigenvalue weighted by Gasteiger charge is -2.57. The fourth-order valence-corrected chi connectivity index (χ4v) is 9.06. The van der Waals surface area contributed by atoms with Gasteiger partial charge in [-0.15, -0.1) is 0 Å². The van der Waals surface area contributed by atoms with Crippen molar-refractivity contribution in [3.05, 3.63) is 10.1 Å². The minimum atomic E-state index is -1.79. The van der Waals surface area contributed by atoms with Gasteiger partial charge in [0.25, 0.3) is 0 Å². The number of halogens is 2. The Balaban J connectivity index is 1.87. The van der Waals surface area contributed by atoms with E-state index in [0.29, 0.717) is 28.2 Å². The van der Waals surface area contributed by atoms with Crippen LogP contribution in [-0.4, -0.2) is 26.6 Å². The fraction of sp³-hybridized carbons (Fsp3) is 0.926. The van der Waals surface area contributed by atoms with Gasteiger partial charge in [-0.25, -0.2) is 0 Å². The maximum atomic E-state index is 10.7. The third-order valence-electron chi connectivity index (χ3n) is 10.8. The van der Waals surface area contributed by atoms with Gasteiger partial charge in [0.2, 0.25) is 0 Å². The molecule has 0 amide bonds. The Kier molecular flexibility index (Phi) is 8.02. The first-order valence-electron chi connectivity index (χ1n) is 13.0. The number of aliphatic hydroxyl groups excluding tert-OH is 1. The summed E-state index contributed by atoms with van der Waals surface area (Å²) in [6.45, 7) is 20.2. The number of aliphatic hydroxyl groups is 1. The van der Waals surface area contributed by atoms with Crippen LogP contribution in [0.15, 0.2) is 10.1 Å². The van der Waals surface area contributed by atoms with Crippen molar-refractivity contribution in [3.8, 4) is 0 Å². The van der Waals surface area contributed by atoms with Crippen molar-refractivity contribution in [1.82, 2.24) is 0 Å². The lowest BCUT2D eigenvalue weighted by molar-refractivity contribution is -0.0915. The van der Waals surface area contributed by atoms with Crippen molar-refractivity contribution >= 4 is 31.5 Å². The zero-order valence-corrected chi connectivity index (χ0v) is 24.4. The molecule has 186 valence electrons. The first-order valence-corrected chi connectivity index (χ1v) is 16.6. The molecule has 0 spiro atoms. The Hall–Kier alpha value is 0.457. The van der Waals surface area contributed by atoms with Crippen molar-refractivity contribution in [2.45, 2.75) is 105 Å². The molecular weight excluding hydrogens is 455 g/mol. The molecule has 0 saturated heterocycles. The van der Waals surface area contributed by atoms with Gasteiger partial charge in [-0.3, -0.25) is 0 Å². The third kappa shape index (κ3) is 4.77. The average Bonchev–Trinajstić information content (AvgIpc) is 3.04. The van der Waals surface area contributed by atoms with Crippen molar-refractivity contribution in [2.24, 2.45) is 40.4 Å². The zero-order valence-electron chi connectivity index (χ0n) is 21.9. The zero-order chi connectivity index (χ0) is 24.1. The molecule has 1 N–H and O–H groups in total. The minimum Gasteiger partial charge on any atom is -0.417 e. The van der Waals surface area contributed by atoms with E-state index in [0.717, 1.165) is 38.2 Å². The van der Waals surface area contributed by atoms with Crippen molar-refractivity contribution in [2.75, 3.05) is 13.2 Å². The maximum absolute atomic E-state index is 10.7. The molecule has 0 aromatic rings. The van der Waals surface area contributed by atoms with Gasteiger partial charge in [0.1, 0.15) is 4.49 Å². The summed E-state index contributed by atoms with van der Waals surface area (Å²) >= 11 is 12.7. The van der Waals surface area contributed by atoms with Gasteiger partial charge in [-0.05, 0) is 103 Å². The average molecular weight is 504 g/mol. The monoisotopic (exact) mass is 502 g/mol. The number of hydrogen-bond acceptors (Lipinski definition) is 2. The Bertz CT molecular complexity index is 711. The predicted molar refractivity (Wildman–Crippen MR) is 141 cm³/mol. The predicted octanol–water partition coefficient (Wildman–Crippen LogP) is 8.57. The van der Waals surface area contributed by atoms with E-state index in [1.54, 1.807) is 0 Å². The molecule has 7 atom stereocenters. The quantitative estimate of drug-likeness (QED) is 0.381. The van der Waals surface area contributed by atoms with E-state index in [2.05, 4.69) is 54.6 Å². The maximum Gasteiger partial charge on any atom is 0.191 e. The molecule has 0 heterocycles. The fourth-order valence-electron chi connectivity index (χ4n) is 7.39. The Morgan fingerprint density at radius 2 is 1.75 bits per heavy atom. The van der Waals surface area contributed by atoms with Crippen molar-refractivity contribution in [3.63, 3.8) is 0 Å². The molecule has 5 heteroatoms. The molecule has 0 radical (unpaired) electrons. The van der Waals surface area contributed by atoms with Crippen LogP contribution in [0.2, 0.25) is 18.1 Å². The highest BCUT2D eigenvalue weighted by Gasteiger charge is 2.57. The lowest BCUT2D eigenvalue weighted by Crippen LogP contribution is -2.52. The summed E-state index contributed by atoms with van der Waals surface area (Å²) in [6, 6.07) is 0. The summed E-state index contributed by atoms with van der Waals surface area (Å²) in [6.07, 6.45) is 8.18. The molecular formula is C27H48Cl2O2Si. The van der Waals surface area contributed by atoms with E-state index in [1.807, 2.05) is 0 Å². The highest BCUT2D eigenvalue weighted by Crippen LogP contribution is 2.64. The van der Waals surface area contributed by atoms with Crippen LogP contribution in [0, 0.1) is 40.4 Å². The van der Waals surface area contributed by atoms with E-state index in [1.165, 1.54) is 24.8 Å². The number of rotatable bonds is 5. The van der Waals surface area contributed by atoms with Gasteiger partial charge >= 0.3 is 0 Å². The minimum absolute atomic E-state index is 0.0498. The van der Waals surface area contributed by atoms with Gasteiger partial charge < -0.3 is 9.53 Å². The smallest absolute Gasteiger partial charge is 0.191 e. The van der Waals surface area contributed by atoms with Crippen LogP contribution in [0.5, 0.6) is 0 Å². The molecule has 2 nitrogen and oxygen atoms in total. The molecule has 3 fully saturated rings. The van der Waals surface area contributed by atoms with Crippen LogP contribution in [0.3, 0.4) is 0 Å². The second kappa shape index (κ2) is 9.49. The van der Waals surface area contributed by atoms with Gasteiger partial charge in [-0.2, -0.15) is 0 Å². The second-order valence-electron chi connectivity index (χ2n) is 13.4. The molecule has 3 rings (SSSR count). The largest absolute Gasteiger partial charge is 0.417 e. The van der Waals surface area contributed by atoms with Gasteiger partial charge in [-0.1, -0.05) is 71.2 Å². The van der Waals surface area contributed by atoms with E-state index in [-0.39, 0.29) is 22.5 Å². The van der Waals surface area contributed by atoms with E-state index < -0.39 is 8.32 Å². The van der Waals surface area contributed by atoms with E-state index >= 15 is 0 Å². The lowest BCUT2D eigenvalue weighted by atomic mass is 9.49. The molecule has 0 bridgehead atoms. The summed E-state index contributed by atoms with van der Waals surface area (Å²) in [5.41, 5.74) is 1.51. The molecule has 3 saturated carbocycles. The molecule has 0 aliphatic heterocycles. The van der Waals surface area contributed by atoms with Gasteiger partial charge in [0, 0.05) is 13.2 Å². The van der Waals surface area contributed by atoms with Gasteiger partial charge in [0.15, 0.2) is 8.32 Å². The molecule has 3 aliphatic carbocycles. The standard InChI is InChI=1S/C27H48Cl2O2Si/c1-18-11-13-26(5,19(15-18)17-31-32(7,8)25(2,3)4)22-12-14-27(6)21(20(22)16-30)9-10-23(27)24(28)29/h18-22,30H,9-17H2,1-8H3/t18-,19+,20-,21?,22?,26-,27-/m0/s1. The Labute approximate surface area is 209 Å². The molecule has 0 aromatic carbocycles. The molecule has 32 heavy (non-hydrogen) atoms. The summed E-state index contributed by atoms with van der Waals surface area (Å²) in [7, 11) is -1.79. The number of hydrogen-bond donors (Lipinski definition) is 1. The van der Waals surface area contributed by atoms with Crippen molar-refractivity contribution in [1.29, 1.82) is 0 Å². The first kappa shape index (κ1) is 27.1. The first-order chi connectivity index (χ1) is 14.7. The summed E-state index contributed by atoms with van der Waals surface area (Å²) in [4.78, 5) is 0. The van der Waals surface area contributed by atoms with Crippen LogP contribution >= 0.6 is 23.2 Å². The van der Waals surface area contributed by atoms with Crippen LogP contribution in [0.25, 0.3) is 0 Å². The van der Waals surface area contributed by atoms with Gasteiger partial charge in [0.05, 0.1) is 0 Å². The summed E-state index contributed by atoms with van der Waals surface area (Å²) in [5, 5.41) is 10.9.